The molecule has 0 unspecified atom stereocenters. The summed E-state index contributed by atoms with van der Waals surface area (Å²) in [6, 6.07) is 3.83. The van der Waals surface area contributed by atoms with E-state index < -0.39 is 0 Å². The van der Waals surface area contributed by atoms with Crippen molar-refractivity contribution in [1.82, 2.24) is 15.0 Å². The van der Waals surface area contributed by atoms with Crippen molar-refractivity contribution in [2.24, 2.45) is 0 Å². The van der Waals surface area contributed by atoms with Gasteiger partial charge < -0.3 is 5.32 Å². The zero-order chi connectivity index (χ0) is 13.8. The van der Waals surface area contributed by atoms with Crippen LogP contribution in [0.15, 0.2) is 22.8 Å². The lowest BCUT2D eigenvalue weighted by atomic mass is 10.2. The van der Waals surface area contributed by atoms with Gasteiger partial charge in [-0.3, -0.25) is 4.98 Å². The van der Waals surface area contributed by atoms with Crippen molar-refractivity contribution in [3.8, 4) is 11.5 Å². The van der Waals surface area contributed by atoms with E-state index in [1.54, 1.807) is 6.20 Å². The Morgan fingerprint density at radius 3 is 2.79 bits per heavy atom. The fourth-order valence-electron chi connectivity index (χ4n) is 1.72. The minimum absolute atomic E-state index is 0.653. The topological polar surface area (TPSA) is 50.7 Å². The molecule has 100 valence electrons. The van der Waals surface area contributed by atoms with Crippen LogP contribution in [-0.4, -0.2) is 22.0 Å². The van der Waals surface area contributed by atoms with Crippen LogP contribution in [0.1, 0.15) is 19.0 Å². The quantitative estimate of drug-likeness (QED) is 0.744. The molecule has 0 aliphatic carbocycles. The fraction of sp³-hybridized carbons (Fsp3) is 0.308. The Hall–Kier alpha value is -0.760. The van der Waals surface area contributed by atoms with Crippen LogP contribution in [-0.2, 0) is 6.42 Å². The van der Waals surface area contributed by atoms with E-state index in [1.807, 2.05) is 19.2 Å². The van der Waals surface area contributed by atoms with Gasteiger partial charge in [0.25, 0.3) is 0 Å². The van der Waals surface area contributed by atoms with Gasteiger partial charge in [0.2, 0.25) is 0 Å². The average molecular weight is 433 g/mol. The van der Waals surface area contributed by atoms with Crippen LogP contribution in [0.4, 0.5) is 5.82 Å². The number of pyridine rings is 1. The Bertz CT molecular complexity index is 589. The maximum absolute atomic E-state index is 4.65. The van der Waals surface area contributed by atoms with E-state index in [9.17, 15) is 0 Å². The molecule has 0 aromatic carbocycles. The molecule has 0 amide bonds. The molecule has 4 nitrogen and oxygen atoms in total. The van der Waals surface area contributed by atoms with Crippen molar-refractivity contribution < 1.29 is 0 Å². The van der Waals surface area contributed by atoms with E-state index in [4.69, 9.17) is 0 Å². The van der Waals surface area contributed by atoms with Gasteiger partial charge in [-0.25, -0.2) is 9.97 Å². The van der Waals surface area contributed by atoms with Gasteiger partial charge in [-0.05, 0) is 57.1 Å². The summed E-state index contributed by atoms with van der Waals surface area (Å²) in [6.07, 6.45) is 3.74. The standard InChI is InChI=1S/C13H14BrIN4/c1-3-5-9-10(15)12(16-2)19-13(18-9)11-8(14)6-4-7-17-11/h4,6-7H,3,5H2,1-2H3,(H,16,18,19). The zero-order valence-corrected chi connectivity index (χ0v) is 14.5. The van der Waals surface area contributed by atoms with Crippen molar-refractivity contribution in [3.05, 3.63) is 32.1 Å². The molecule has 0 aliphatic rings. The summed E-state index contributed by atoms with van der Waals surface area (Å²) in [4.78, 5) is 13.5. The molecule has 2 aromatic heterocycles. The van der Waals surface area contributed by atoms with Crippen molar-refractivity contribution in [3.63, 3.8) is 0 Å². The van der Waals surface area contributed by atoms with Crippen LogP contribution in [0.3, 0.4) is 0 Å². The first-order chi connectivity index (χ1) is 9.17. The normalized spacial score (nSPS) is 10.5. The van der Waals surface area contributed by atoms with Crippen LogP contribution in [0.2, 0.25) is 0 Å². The number of aromatic nitrogens is 3. The maximum Gasteiger partial charge on any atom is 0.181 e. The summed E-state index contributed by atoms with van der Waals surface area (Å²) in [5, 5.41) is 3.12. The Kier molecular flexibility index (Phi) is 5.09. The van der Waals surface area contributed by atoms with E-state index in [0.717, 1.165) is 38.1 Å². The van der Waals surface area contributed by atoms with Crippen LogP contribution < -0.4 is 5.32 Å². The first kappa shape index (κ1) is 14.6. The van der Waals surface area contributed by atoms with Crippen LogP contribution in [0, 0.1) is 3.57 Å². The Balaban J connectivity index is 2.58. The third kappa shape index (κ3) is 3.22. The van der Waals surface area contributed by atoms with Crippen LogP contribution >= 0.6 is 38.5 Å². The van der Waals surface area contributed by atoms with Gasteiger partial charge in [0.05, 0.1) is 9.26 Å². The highest BCUT2D eigenvalue weighted by molar-refractivity contribution is 14.1. The summed E-state index contributed by atoms with van der Waals surface area (Å²) in [5.74, 6) is 1.51. The van der Waals surface area contributed by atoms with Crippen molar-refractivity contribution in [1.29, 1.82) is 0 Å². The number of anilines is 1. The molecule has 2 heterocycles. The summed E-state index contributed by atoms with van der Waals surface area (Å²) < 4.78 is 1.98. The lowest BCUT2D eigenvalue weighted by molar-refractivity contribution is 0.866. The number of nitrogens with zero attached hydrogens (tertiary/aromatic N) is 3. The highest BCUT2D eigenvalue weighted by Crippen LogP contribution is 2.27. The van der Waals surface area contributed by atoms with E-state index >= 15 is 0 Å². The highest BCUT2D eigenvalue weighted by Gasteiger charge is 2.14. The van der Waals surface area contributed by atoms with Crippen molar-refractivity contribution in [2.45, 2.75) is 19.8 Å². The zero-order valence-electron chi connectivity index (χ0n) is 10.7. The van der Waals surface area contributed by atoms with Crippen LogP contribution in [0.25, 0.3) is 11.5 Å². The third-order valence-corrected chi connectivity index (χ3v) is 4.39. The van der Waals surface area contributed by atoms with Gasteiger partial charge >= 0.3 is 0 Å². The molecule has 6 heteroatoms. The Labute approximate surface area is 134 Å². The predicted molar refractivity (Wildman–Crippen MR) is 89.2 cm³/mol. The minimum atomic E-state index is 0.653. The number of hydrogen-bond acceptors (Lipinski definition) is 4. The number of aryl methyl sites for hydroxylation is 1. The van der Waals surface area contributed by atoms with Gasteiger partial charge in [-0.1, -0.05) is 13.3 Å². The average Bonchev–Trinajstić information content (AvgIpc) is 2.42. The largest absolute Gasteiger partial charge is 0.372 e. The molecular formula is C13H14BrIN4. The fourth-order valence-corrected chi connectivity index (χ4v) is 2.93. The SMILES string of the molecule is CCCc1nc(-c2ncccc2Br)nc(NC)c1I. The lowest BCUT2D eigenvalue weighted by Crippen LogP contribution is -2.06. The number of hydrogen-bond donors (Lipinski definition) is 1. The van der Waals surface area contributed by atoms with Crippen molar-refractivity contribution >= 4 is 44.3 Å². The van der Waals surface area contributed by atoms with Gasteiger partial charge in [0.1, 0.15) is 11.5 Å². The van der Waals surface area contributed by atoms with Gasteiger partial charge in [0, 0.05) is 17.7 Å². The molecule has 0 atom stereocenters. The molecule has 0 fully saturated rings. The first-order valence-corrected chi connectivity index (χ1v) is 7.89. The van der Waals surface area contributed by atoms with E-state index in [1.165, 1.54) is 0 Å². The molecule has 2 aromatic rings. The summed E-state index contributed by atoms with van der Waals surface area (Å²) in [7, 11) is 1.87. The molecule has 2 rings (SSSR count). The predicted octanol–water partition coefficient (Wildman–Crippen LogP) is 3.90. The van der Waals surface area contributed by atoms with E-state index in [0.29, 0.717) is 5.82 Å². The van der Waals surface area contributed by atoms with Gasteiger partial charge in [-0.2, -0.15) is 0 Å². The molecule has 0 radical (unpaired) electrons. The molecule has 1 N–H and O–H groups in total. The molecule has 0 saturated carbocycles. The second kappa shape index (κ2) is 6.60. The monoisotopic (exact) mass is 432 g/mol. The maximum atomic E-state index is 4.65. The molecule has 19 heavy (non-hydrogen) atoms. The van der Waals surface area contributed by atoms with Gasteiger partial charge in [0.15, 0.2) is 5.82 Å². The number of rotatable bonds is 4. The second-order valence-electron chi connectivity index (χ2n) is 3.99. The summed E-state index contributed by atoms with van der Waals surface area (Å²) in [6.45, 7) is 2.15. The molecule has 0 saturated heterocycles. The van der Waals surface area contributed by atoms with Crippen LogP contribution in [0.5, 0.6) is 0 Å². The Morgan fingerprint density at radius 2 is 2.16 bits per heavy atom. The highest BCUT2D eigenvalue weighted by atomic mass is 127. The molecular weight excluding hydrogens is 419 g/mol. The first-order valence-electron chi connectivity index (χ1n) is 6.02. The molecule has 0 spiro atoms. The number of halogens is 2. The minimum Gasteiger partial charge on any atom is -0.372 e. The molecule has 0 bridgehead atoms. The Morgan fingerprint density at radius 1 is 1.37 bits per heavy atom. The van der Waals surface area contributed by atoms with E-state index in [-0.39, 0.29) is 0 Å². The molecule has 0 aliphatic heterocycles. The van der Waals surface area contributed by atoms with Crippen molar-refractivity contribution in [2.75, 3.05) is 12.4 Å². The van der Waals surface area contributed by atoms with E-state index in [2.05, 4.69) is 65.7 Å². The third-order valence-electron chi connectivity index (χ3n) is 2.61. The lowest BCUT2D eigenvalue weighted by Gasteiger charge is -2.11. The number of nitrogens with one attached hydrogen (secondary N) is 1. The smallest absolute Gasteiger partial charge is 0.181 e. The summed E-state index contributed by atoms with van der Waals surface area (Å²) >= 11 is 5.79. The second-order valence-corrected chi connectivity index (χ2v) is 5.92. The van der Waals surface area contributed by atoms with Gasteiger partial charge in [-0.15, -0.1) is 0 Å². The summed E-state index contributed by atoms with van der Waals surface area (Å²) in [5.41, 5.74) is 1.84.